The third-order valence-corrected chi connectivity index (χ3v) is 6.49. The van der Waals surface area contributed by atoms with Crippen LogP contribution in [0.25, 0.3) is 0 Å². The lowest BCUT2D eigenvalue weighted by Crippen LogP contribution is -2.48. The number of nitrogens with zero attached hydrogens (tertiary/aromatic N) is 2. The number of benzene rings is 2. The molecule has 0 saturated carbocycles. The van der Waals surface area contributed by atoms with E-state index in [1.165, 1.54) is 22.4 Å². The summed E-state index contributed by atoms with van der Waals surface area (Å²) in [6, 6.07) is 16.1. The molecule has 1 unspecified atom stereocenters. The van der Waals surface area contributed by atoms with Gasteiger partial charge in [-0.25, -0.2) is 0 Å². The predicted octanol–water partition coefficient (Wildman–Crippen LogP) is 3.35. The molecule has 0 aliphatic carbocycles. The minimum absolute atomic E-state index is 0.193. The first-order valence-electron chi connectivity index (χ1n) is 10.2. The summed E-state index contributed by atoms with van der Waals surface area (Å²) in [6.45, 7) is 5.83. The average molecular weight is 361 g/mol. The predicted molar refractivity (Wildman–Crippen MR) is 108 cm³/mol. The van der Waals surface area contributed by atoms with Crippen molar-refractivity contribution in [2.75, 3.05) is 18.0 Å². The first-order valence-corrected chi connectivity index (χ1v) is 10.2. The number of nitrogens with one attached hydrogen (secondary N) is 1. The van der Waals surface area contributed by atoms with E-state index in [-0.39, 0.29) is 5.91 Å². The van der Waals surface area contributed by atoms with E-state index in [4.69, 9.17) is 0 Å². The normalized spacial score (nSPS) is 22.0. The number of hydrogen-bond donors (Lipinski definition) is 1. The molecule has 0 bridgehead atoms. The smallest absolute Gasteiger partial charge is 0.253 e. The molecule has 0 radical (unpaired) electrons. The summed E-state index contributed by atoms with van der Waals surface area (Å²) in [5.41, 5.74) is 6.32. The summed E-state index contributed by atoms with van der Waals surface area (Å²) in [4.78, 5) is 17.6. The Morgan fingerprint density at radius 2 is 1.78 bits per heavy atom. The van der Waals surface area contributed by atoms with E-state index in [1.54, 1.807) is 0 Å². The summed E-state index contributed by atoms with van der Waals surface area (Å²) in [7, 11) is 0. The lowest BCUT2D eigenvalue weighted by atomic mass is 10.00. The zero-order chi connectivity index (χ0) is 18.4. The van der Waals surface area contributed by atoms with Crippen molar-refractivity contribution >= 4 is 11.6 Å². The zero-order valence-electron chi connectivity index (χ0n) is 15.9. The van der Waals surface area contributed by atoms with Crippen molar-refractivity contribution in [3.8, 4) is 0 Å². The second-order valence-electron chi connectivity index (χ2n) is 8.20. The van der Waals surface area contributed by atoms with Crippen LogP contribution in [0.1, 0.15) is 46.8 Å². The fourth-order valence-electron chi connectivity index (χ4n) is 5.10. The number of para-hydroxylation sites is 1. The second-order valence-corrected chi connectivity index (χ2v) is 8.20. The van der Waals surface area contributed by atoms with Gasteiger partial charge in [0.15, 0.2) is 0 Å². The number of hydrogen-bond acceptors (Lipinski definition) is 3. The molecule has 5 rings (SSSR count). The summed E-state index contributed by atoms with van der Waals surface area (Å²) < 4.78 is 0. The molecule has 4 heteroatoms. The Kier molecular flexibility index (Phi) is 4.16. The Hall–Kier alpha value is -2.33. The zero-order valence-corrected chi connectivity index (χ0v) is 15.9. The summed E-state index contributed by atoms with van der Waals surface area (Å²) in [6.07, 6.45) is 3.24. The fourth-order valence-corrected chi connectivity index (χ4v) is 5.10. The highest BCUT2D eigenvalue weighted by molar-refractivity contribution is 5.94. The van der Waals surface area contributed by atoms with E-state index in [1.807, 2.05) is 11.0 Å². The number of carbonyl (C=O) groups is 1. The first kappa shape index (κ1) is 16.8. The number of amides is 1. The highest BCUT2D eigenvalue weighted by Crippen LogP contribution is 2.36. The van der Waals surface area contributed by atoms with Gasteiger partial charge in [0, 0.05) is 49.5 Å². The van der Waals surface area contributed by atoms with E-state index in [9.17, 15) is 4.79 Å². The largest absolute Gasteiger partial charge is 0.365 e. The standard InChI is InChI=1S/C23H27N3O/c1-16-12-17-4-2-3-5-22(17)26(16)21-8-10-25(11-9-21)23(27)18-6-7-19-14-24-15-20(19)13-18/h2-7,13,16,21,24H,8-12,14-15H2,1H3. The van der Waals surface area contributed by atoms with Crippen LogP contribution in [0.5, 0.6) is 0 Å². The molecule has 3 aliphatic heterocycles. The van der Waals surface area contributed by atoms with Crippen LogP contribution < -0.4 is 10.2 Å². The lowest BCUT2D eigenvalue weighted by molar-refractivity contribution is 0.0711. The van der Waals surface area contributed by atoms with Gasteiger partial charge in [0.2, 0.25) is 0 Å². The number of piperidine rings is 1. The molecule has 1 saturated heterocycles. The van der Waals surface area contributed by atoms with Gasteiger partial charge >= 0.3 is 0 Å². The molecule has 0 aromatic heterocycles. The van der Waals surface area contributed by atoms with Gasteiger partial charge in [-0.05, 0) is 61.1 Å². The van der Waals surface area contributed by atoms with Crippen LogP contribution in [0.3, 0.4) is 0 Å². The minimum Gasteiger partial charge on any atom is -0.365 e. The van der Waals surface area contributed by atoms with Crippen molar-refractivity contribution in [1.82, 2.24) is 10.2 Å². The first-order chi connectivity index (χ1) is 13.2. The maximum absolute atomic E-state index is 13.0. The van der Waals surface area contributed by atoms with Gasteiger partial charge in [-0.1, -0.05) is 24.3 Å². The Labute approximate surface area is 161 Å². The monoisotopic (exact) mass is 361 g/mol. The highest BCUT2D eigenvalue weighted by atomic mass is 16.2. The molecule has 3 heterocycles. The maximum Gasteiger partial charge on any atom is 0.253 e. The van der Waals surface area contributed by atoms with Gasteiger partial charge in [-0.3, -0.25) is 4.79 Å². The third-order valence-electron chi connectivity index (χ3n) is 6.49. The quantitative estimate of drug-likeness (QED) is 0.891. The molecule has 27 heavy (non-hydrogen) atoms. The summed E-state index contributed by atoms with van der Waals surface area (Å²) >= 11 is 0. The van der Waals surface area contributed by atoms with E-state index < -0.39 is 0 Å². The maximum atomic E-state index is 13.0. The molecule has 140 valence electrons. The molecule has 2 aromatic rings. The van der Waals surface area contributed by atoms with Crippen molar-refractivity contribution in [2.45, 2.75) is 51.4 Å². The van der Waals surface area contributed by atoms with Crippen LogP contribution in [0, 0.1) is 0 Å². The number of anilines is 1. The molecule has 4 nitrogen and oxygen atoms in total. The van der Waals surface area contributed by atoms with E-state index in [0.717, 1.165) is 51.0 Å². The molecule has 0 spiro atoms. The Morgan fingerprint density at radius 1 is 1.00 bits per heavy atom. The van der Waals surface area contributed by atoms with Crippen LogP contribution in [-0.4, -0.2) is 36.0 Å². The van der Waals surface area contributed by atoms with Gasteiger partial charge < -0.3 is 15.1 Å². The van der Waals surface area contributed by atoms with Crippen molar-refractivity contribution in [3.63, 3.8) is 0 Å². The molecule has 1 amide bonds. The summed E-state index contributed by atoms with van der Waals surface area (Å²) in [5.74, 6) is 0.193. The highest BCUT2D eigenvalue weighted by Gasteiger charge is 2.34. The molecule has 1 N–H and O–H groups in total. The van der Waals surface area contributed by atoms with E-state index in [0.29, 0.717) is 12.1 Å². The van der Waals surface area contributed by atoms with E-state index >= 15 is 0 Å². The SMILES string of the molecule is CC1Cc2ccccc2N1C1CCN(C(=O)c2ccc3c(c2)CNC3)CC1. The van der Waals surface area contributed by atoms with Crippen LogP contribution >= 0.6 is 0 Å². The lowest BCUT2D eigenvalue weighted by Gasteiger charge is -2.40. The average Bonchev–Trinajstić information content (AvgIpc) is 3.30. The molecule has 3 aliphatic rings. The van der Waals surface area contributed by atoms with Crippen LogP contribution in [0.15, 0.2) is 42.5 Å². The Morgan fingerprint density at radius 3 is 2.63 bits per heavy atom. The molecule has 2 aromatic carbocycles. The molecule has 1 atom stereocenters. The number of rotatable bonds is 2. The summed E-state index contributed by atoms with van der Waals surface area (Å²) in [5, 5.41) is 3.35. The Bertz CT molecular complexity index is 870. The van der Waals surface area contributed by atoms with Crippen LogP contribution in [-0.2, 0) is 19.5 Å². The topological polar surface area (TPSA) is 35.6 Å². The van der Waals surface area contributed by atoms with Gasteiger partial charge in [-0.15, -0.1) is 0 Å². The second kappa shape index (κ2) is 6.68. The van der Waals surface area contributed by atoms with Crippen LogP contribution in [0.4, 0.5) is 5.69 Å². The van der Waals surface area contributed by atoms with Crippen molar-refractivity contribution in [1.29, 1.82) is 0 Å². The third kappa shape index (κ3) is 2.92. The molecular formula is C23H27N3O. The van der Waals surface area contributed by atoms with Crippen molar-refractivity contribution in [2.24, 2.45) is 0 Å². The van der Waals surface area contributed by atoms with Gasteiger partial charge in [-0.2, -0.15) is 0 Å². The fraction of sp³-hybridized carbons (Fsp3) is 0.435. The number of fused-ring (bicyclic) bond motifs is 2. The van der Waals surface area contributed by atoms with E-state index in [2.05, 4.69) is 53.5 Å². The number of carbonyl (C=O) groups excluding carboxylic acids is 1. The van der Waals surface area contributed by atoms with Crippen LogP contribution in [0.2, 0.25) is 0 Å². The van der Waals surface area contributed by atoms with Gasteiger partial charge in [0.25, 0.3) is 5.91 Å². The number of likely N-dealkylation sites (tertiary alicyclic amines) is 1. The molecular weight excluding hydrogens is 334 g/mol. The van der Waals surface area contributed by atoms with Crippen molar-refractivity contribution < 1.29 is 4.79 Å². The molecule has 1 fully saturated rings. The van der Waals surface area contributed by atoms with Crippen molar-refractivity contribution in [3.05, 3.63) is 64.7 Å². The van der Waals surface area contributed by atoms with Gasteiger partial charge in [0.05, 0.1) is 0 Å². The minimum atomic E-state index is 0.193. The Balaban J connectivity index is 1.27. The van der Waals surface area contributed by atoms with Gasteiger partial charge in [0.1, 0.15) is 0 Å².